The first kappa shape index (κ1) is 20.0. The molecule has 1 amide bonds. The normalized spacial score (nSPS) is 15.0. The Balaban J connectivity index is 1.55. The highest BCUT2D eigenvalue weighted by molar-refractivity contribution is 5.73. The first-order chi connectivity index (χ1) is 14.6. The van der Waals surface area contributed by atoms with Gasteiger partial charge >= 0.3 is 0 Å². The van der Waals surface area contributed by atoms with Crippen LogP contribution in [0.25, 0.3) is 22.6 Å². The smallest absolute Gasteiger partial charge is 0.251 e. The Morgan fingerprint density at radius 2 is 1.87 bits per heavy atom. The average molecular weight is 403 g/mol. The second kappa shape index (κ2) is 9.00. The van der Waals surface area contributed by atoms with E-state index in [1.807, 2.05) is 29.2 Å². The predicted octanol–water partition coefficient (Wildman–Crippen LogP) is 2.55. The molecule has 1 aliphatic rings. The predicted molar refractivity (Wildman–Crippen MR) is 116 cm³/mol. The molecule has 1 fully saturated rings. The highest BCUT2D eigenvalue weighted by Crippen LogP contribution is 2.21. The van der Waals surface area contributed by atoms with E-state index in [1.165, 1.54) is 6.07 Å². The van der Waals surface area contributed by atoms with Crippen molar-refractivity contribution in [2.75, 3.05) is 26.2 Å². The number of benzene rings is 1. The van der Waals surface area contributed by atoms with Crippen molar-refractivity contribution in [2.45, 2.75) is 19.9 Å². The van der Waals surface area contributed by atoms with E-state index in [1.54, 1.807) is 19.3 Å². The third-order valence-electron chi connectivity index (χ3n) is 5.36. The molecule has 1 N–H and O–H groups in total. The van der Waals surface area contributed by atoms with Gasteiger partial charge in [0.2, 0.25) is 5.91 Å². The summed E-state index contributed by atoms with van der Waals surface area (Å²) in [6, 6.07) is 13.3. The number of aromatic amines is 1. The van der Waals surface area contributed by atoms with Gasteiger partial charge in [-0.25, -0.2) is 4.98 Å². The molecule has 4 rings (SSSR count). The Bertz CT molecular complexity index is 1080. The molecular weight excluding hydrogens is 378 g/mol. The van der Waals surface area contributed by atoms with Crippen molar-refractivity contribution < 1.29 is 4.79 Å². The summed E-state index contributed by atoms with van der Waals surface area (Å²) in [5.41, 5.74) is 3.32. The van der Waals surface area contributed by atoms with Crippen LogP contribution in [0.1, 0.15) is 18.9 Å². The van der Waals surface area contributed by atoms with E-state index in [0.29, 0.717) is 11.5 Å². The Labute approximate surface area is 175 Å². The molecule has 1 aliphatic heterocycles. The Hall–Kier alpha value is -3.32. The van der Waals surface area contributed by atoms with E-state index < -0.39 is 0 Å². The molecule has 154 valence electrons. The summed E-state index contributed by atoms with van der Waals surface area (Å²) in [5, 5.41) is 0. The van der Waals surface area contributed by atoms with Crippen LogP contribution in [0.5, 0.6) is 0 Å². The molecule has 3 heterocycles. The van der Waals surface area contributed by atoms with E-state index in [-0.39, 0.29) is 11.5 Å². The van der Waals surface area contributed by atoms with E-state index in [2.05, 4.69) is 32.0 Å². The van der Waals surface area contributed by atoms with Crippen LogP contribution in [-0.4, -0.2) is 56.8 Å². The maximum atomic E-state index is 12.2. The lowest BCUT2D eigenvalue weighted by Gasteiger charge is -2.21. The summed E-state index contributed by atoms with van der Waals surface area (Å²) in [6.45, 7) is 5.83. The molecule has 0 spiro atoms. The van der Waals surface area contributed by atoms with Gasteiger partial charge in [-0.3, -0.25) is 19.5 Å². The first-order valence-electron chi connectivity index (χ1n) is 10.2. The van der Waals surface area contributed by atoms with Gasteiger partial charge < -0.3 is 9.88 Å². The van der Waals surface area contributed by atoms with Gasteiger partial charge in [-0.1, -0.05) is 18.2 Å². The summed E-state index contributed by atoms with van der Waals surface area (Å²) in [6.07, 6.45) is 4.35. The van der Waals surface area contributed by atoms with E-state index >= 15 is 0 Å². The number of carbonyl (C=O) groups excluding carboxylic acids is 1. The number of nitrogens with one attached hydrogen (secondary N) is 1. The van der Waals surface area contributed by atoms with Crippen molar-refractivity contribution >= 4 is 5.91 Å². The number of amides is 1. The van der Waals surface area contributed by atoms with Gasteiger partial charge in [0.1, 0.15) is 5.82 Å². The fraction of sp³-hybridized carbons (Fsp3) is 0.304. The van der Waals surface area contributed by atoms with Crippen LogP contribution in [0.15, 0.2) is 59.7 Å². The molecule has 30 heavy (non-hydrogen) atoms. The quantitative estimate of drug-likeness (QED) is 0.724. The summed E-state index contributed by atoms with van der Waals surface area (Å²) < 4.78 is 0. The minimum Gasteiger partial charge on any atom is -0.342 e. The standard InChI is InChI=1S/C23H25N5O2/c1-17(29)28-11-3-10-27(12-13-28)16-18-4-2-5-20(14-18)23-25-21(15-22(30)26-23)19-6-8-24-9-7-19/h2,4-9,14-15H,3,10-13,16H2,1H3,(H,25,26,30). The third kappa shape index (κ3) is 4.80. The van der Waals surface area contributed by atoms with Crippen molar-refractivity contribution in [3.05, 3.63) is 70.8 Å². The highest BCUT2D eigenvalue weighted by Gasteiger charge is 2.17. The number of pyridine rings is 1. The van der Waals surface area contributed by atoms with Crippen LogP contribution in [0.2, 0.25) is 0 Å². The topological polar surface area (TPSA) is 82.2 Å². The lowest BCUT2D eigenvalue weighted by atomic mass is 10.1. The molecule has 3 aromatic rings. The van der Waals surface area contributed by atoms with Crippen molar-refractivity contribution in [3.8, 4) is 22.6 Å². The second-order valence-corrected chi connectivity index (χ2v) is 7.55. The molecule has 0 atom stereocenters. The number of H-pyrrole nitrogens is 1. The Morgan fingerprint density at radius 1 is 1.03 bits per heavy atom. The van der Waals surface area contributed by atoms with Gasteiger partial charge in [0.05, 0.1) is 5.69 Å². The number of nitrogens with zero attached hydrogens (tertiary/aromatic N) is 4. The molecule has 1 aromatic carbocycles. The van der Waals surface area contributed by atoms with Gasteiger partial charge in [-0.05, 0) is 30.2 Å². The van der Waals surface area contributed by atoms with Crippen molar-refractivity contribution in [1.29, 1.82) is 0 Å². The molecule has 0 aliphatic carbocycles. The van der Waals surface area contributed by atoms with Crippen LogP contribution >= 0.6 is 0 Å². The molecule has 7 heteroatoms. The maximum absolute atomic E-state index is 12.2. The number of hydrogen-bond donors (Lipinski definition) is 1. The highest BCUT2D eigenvalue weighted by atomic mass is 16.2. The molecule has 2 aromatic heterocycles. The average Bonchev–Trinajstić information content (AvgIpc) is 3.00. The van der Waals surface area contributed by atoms with Crippen molar-refractivity contribution in [1.82, 2.24) is 24.8 Å². The molecule has 0 saturated carbocycles. The zero-order chi connectivity index (χ0) is 20.9. The largest absolute Gasteiger partial charge is 0.342 e. The van der Waals surface area contributed by atoms with Crippen molar-refractivity contribution in [2.24, 2.45) is 0 Å². The van der Waals surface area contributed by atoms with Crippen molar-refractivity contribution in [3.63, 3.8) is 0 Å². The van der Waals surface area contributed by atoms with Gasteiger partial charge in [0, 0.05) is 69.2 Å². The number of aromatic nitrogens is 3. The van der Waals surface area contributed by atoms with Gasteiger partial charge in [-0.2, -0.15) is 0 Å². The zero-order valence-corrected chi connectivity index (χ0v) is 17.0. The molecule has 0 unspecified atom stereocenters. The second-order valence-electron chi connectivity index (χ2n) is 7.55. The first-order valence-corrected chi connectivity index (χ1v) is 10.2. The Kier molecular flexibility index (Phi) is 5.99. The number of rotatable bonds is 4. The van der Waals surface area contributed by atoms with Gasteiger partial charge in [0.25, 0.3) is 5.56 Å². The molecule has 1 saturated heterocycles. The molecule has 7 nitrogen and oxygen atoms in total. The van der Waals surface area contributed by atoms with E-state index in [0.717, 1.165) is 55.8 Å². The van der Waals surface area contributed by atoms with Crippen LogP contribution in [0.4, 0.5) is 0 Å². The third-order valence-corrected chi connectivity index (χ3v) is 5.36. The maximum Gasteiger partial charge on any atom is 0.251 e. The Morgan fingerprint density at radius 3 is 2.67 bits per heavy atom. The molecule has 0 radical (unpaired) electrons. The fourth-order valence-corrected chi connectivity index (χ4v) is 3.78. The van der Waals surface area contributed by atoms with Crippen LogP contribution < -0.4 is 5.56 Å². The summed E-state index contributed by atoms with van der Waals surface area (Å²) in [4.78, 5) is 39.7. The van der Waals surface area contributed by atoms with E-state index in [4.69, 9.17) is 0 Å². The van der Waals surface area contributed by atoms with Crippen LogP contribution in [0.3, 0.4) is 0 Å². The zero-order valence-electron chi connectivity index (χ0n) is 17.0. The number of hydrogen-bond acceptors (Lipinski definition) is 5. The SMILES string of the molecule is CC(=O)N1CCCN(Cc2cccc(-c3nc(-c4ccncc4)cc(=O)[nH]3)c2)CC1. The fourth-order valence-electron chi connectivity index (χ4n) is 3.78. The van der Waals surface area contributed by atoms with Crippen LogP contribution in [-0.2, 0) is 11.3 Å². The lowest BCUT2D eigenvalue weighted by molar-refractivity contribution is -0.128. The van der Waals surface area contributed by atoms with E-state index in [9.17, 15) is 9.59 Å². The minimum atomic E-state index is -0.186. The van der Waals surface area contributed by atoms with Gasteiger partial charge in [-0.15, -0.1) is 0 Å². The summed E-state index contributed by atoms with van der Waals surface area (Å²) in [7, 11) is 0. The minimum absolute atomic E-state index is 0.142. The summed E-state index contributed by atoms with van der Waals surface area (Å²) >= 11 is 0. The lowest BCUT2D eigenvalue weighted by Crippen LogP contribution is -2.33. The molecule has 0 bridgehead atoms. The van der Waals surface area contributed by atoms with Crippen LogP contribution in [0, 0.1) is 0 Å². The number of carbonyl (C=O) groups is 1. The molecular formula is C23H25N5O2. The summed E-state index contributed by atoms with van der Waals surface area (Å²) in [5.74, 6) is 0.692. The monoisotopic (exact) mass is 403 g/mol. The van der Waals surface area contributed by atoms with Gasteiger partial charge in [0.15, 0.2) is 0 Å².